The molecule has 29 heavy (non-hydrogen) atoms. The average Bonchev–Trinajstić information content (AvgIpc) is 3.13. The fourth-order valence-electron chi connectivity index (χ4n) is 3.37. The van der Waals surface area contributed by atoms with Crippen LogP contribution in [0.5, 0.6) is 0 Å². The molecule has 1 heterocycles. The molecule has 2 aromatic rings. The molecule has 3 aliphatic rings. The summed E-state index contributed by atoms with van der Waals surface area (Å²) in [5.74, 6) is 0. The Balaban J connectivity index is 0.000000788. The van der Waals surface area contributed by atoms with Crippen LogP contribution in [-0.4, -0.2) is 23.5 Å². The fourth-order valence-corrected chi connectivity index (χ4v) is 3.37. The van der Waals surface area contributed by atoms with E-state index in [-0.39, 0.29) is 19.5 Å². The van der Waals surface area contributed by atoms with Gasteiger partial charge in [-0.1, -0.05) is 124 Å². The monoisotopic (exact) mass is 392 g/mol. The second-order valence-corrected chi connectivity index (χ2v) is 5.42. The lowest BCUT2D eigenvalue weighted by Gasteiger charge is -2.23. The molecule has 0 bridgehead atoms. The summed E-state index contributed by atoms with van der Waals surface area (Å²) >= 11 is 0. The Bertz CT molecular complexity index is 800. The van der Waals surface area contributed by atoms with Crippen LogP contribution in [0.25, 0.3) is 10.8 Å². The van der Waals surface area contributed by atoms with Gasteiger partial charge >= 0.3 is 0 Å². The van der Waals surface area contributed by atoms with Crippen LogP contribution >= 0.6 is 0 Å². The van der Waals surface area contributed by atoms with Crippen molar-refractivity contribution in [2.45, 2.75) is 74.9 Å². The minimum Gasteiger partial charge on any atom is -0.272 e. The van der Waals surface area contributed by atoms with Crippen molar-refractivity contribution < 1.29 is 0 Å². The Labute approximate surface area is 179 Å². The lowest BCUT2D eigenvalue weighted by molar-refractivity contribution is 0.698. The molecule has 0 radical (unpaired) electrons. The van der Waals surface area contributed by atoms with E-state index in [2.05, 4.69) is 60.7 Å². The number of allylic oxidation sites excluding steroid dienone is 2. The molecule has 158 valence electrons. The average molecular weight is 393 g/mol. The molecule has 1 aliphatic heterocycles. The van der Waals surface area contributed by atoms with Gasteiger partial charge in [-0.15, -0.1) is 0 Å². The van der Waals surface area contributed by atoms with Gasteiger partial charge in [0, 0.05) is 16.5 Å². The van der Waals surface area contributed by atoms with Gasteiger partial charge in [0.2, 0.25) is 0 Å². The number of hydrogen-bond acceptors (Lipinski definition) is 2. The molecule has 0 aromatic heterocycles. The molecular weight excluding hydrogens is 352 g/mol. The van der Waals surface area contributed by atoms with Crippen molar-refractivity contribution in [1.82, 2.24) is 0 Å². The van der Waals surface area contributed by atoms with Crippen molar-refractivity contribution in [3.8, 4) is 0 Å². The Morgan fingerprint density at radius 2 is 0.966 bits per heavy atom. The third-order valence-corrected chi connectivity index (χ3v) is 4.27. The molecule has 2 heteroatoms. The number of fused-ring (bicyclic) bond motifs is 4. The number of hydrogen-bond donors (Lipinski definition) is 0. The van der Waals surface area contributed by atoms with E-state index in [9.17, 15) is 0 Å². The minimum atomic E-state index is 0. The SMILES string of the molecule is C.C1=CC2N=C3C(=NC2C=C1)c1cccc2cccc3c12.CC.CC.CC.CC. The van der Waals surface area contributed by atoms with Gasteiger partial charge in [-0.3, -0.25) is 9.98 Å². The minimum absolute atomic E-state index is 0. The highest BCUT2D eigenvalue weighted by Gasteiger charge is 2.33. The van der Waals surface area contributed by atoms with Gasteiger partial charge < -0.3 is 0 Å². The Kier molecular flexibility index (Phi) is 12.5. The quantitative estimate of drug-likeness (QED) is 0.433. The van der Waals surface area contributed by atoms with Gasteiger partial charge in [-0.25, -0.2) is 0 Å². The standard InChI is InChI=1S/C18H12N2.4C2H6.CH4/c1-2-10-15-14(9-1)19-17-12-7-3-5-11-6-4-8-13(16(11)12)18(17)20-15;4*1-2;/h1-10,14-15H;4*1-2H3;1H4. The van der Waals surface area contributed by atoms with E-state index in [0.29, 0.717) is 0 Å². The lowest BCUT2D eigenvalue weighted by atomic mass is 9.99. The third-order valence-electron chi connectivity index (χ3n) is 4.27. The zero-order chi connectivity index (χ0) is 21.1. The van der Waals surface area contributed by atoms with Crippen LogP contribution in [0.15, 0.2) is 70.7 Å². The van der Waals surface area contributed by atoms with E-state index in [1.54, 1.807) is 0 Å². The Morgan fingerprint density at radius 3 is 1.34 bits per heavy atom. The predicted octanol–water partition coefficient (Wildman–Crippen LogP) is 8.05. The van der Waals surface area contributed by atoms with Crippen molar-refractivity contribution >= 4 is 22.2 Å². The summed E-state index contributed by atoms with van der Waals surface area (Å²) in [6.07, 6.45) is 8.41. The van der Waals surface area contributed by atoms with Crippen LogP contribution < -0.4 is 0 Å². The first-order valence-corrected chi connectivity index (χ1v) is 11.0. The van der Waals surface area contributed by atoms with Crippen molar-refractivity contribution in [1.29, 1.82) is 0 Å². The van der Waals surface area contributed by atoms with Gasteiger partial charge in [0.25, 0.3) is 0 Å². The van der Waals surface area contributed by atoms with Gasteiger partial charge in [0.15, 0.2) is 0 Å². The van der Waals surface area contributed by atoms with E-state index < -0.39 is 0 Å². The van der Waals surface area contributed by atoms with Crippen molar-refractivity contribution in [2.75, 3.05) is 0 Å². The van der Waals surface area contributed by atoms with Crippen LogP contribution in [0.1, 0.15) is 73.9 Å². The molecule has 2 unspecified atom stereocenters. The zero-order valence-corrected chi connectivity index (χ0v) is 18.8. The molecule has 0 saturated carbocycles. The molecule has 2 atom stereocenters. The normalized spacial score (nSPS) is 18.2. The van der Waals surface area contributed by atoms with Crippen LogP contribution in [-0.2, 0) is 0 Å². The Hall–Kier alpha value is -2.48. The van der Waals surface area contributed by atoms with Gasteiger partial charge in [-0.2, -0.15) is 0 Å². The molecule has 0 spiro atoms. The van der Waals surface area contributed by atoms with Crippen LogP contribution in [0.3, 0.4) is 0 Å². The van der Waals surface area contributed by atoms with E-state index >= 15 is 0 Å². The molecular formula is C27H40N2. The van der Waals surface area contributed by atoms with E-state index in [0.717, 1.165) is 11.4 Å². The first kappa shape index (κ1) is 26.5. The molecule has 0 saturated heterocycles. The summed E-state index contributed by atoms with van der Waals surface area (Å²) in [7, 11) is 0. The zero-order valence-electron chi connectivity index (χ0n) is 18.8. The maximum absolute atomic E-state index is 4.95. The highest BCUT2D eigenvalue weighted by atomic mass is 15.0. The van der Waals surface area contributed by atoms with E-state index in [1.807, 2.05) is 55.4 Å². The Morgan fingerprint density at radius 1 is 0.586 bits per heavy atom. The summed E-state index contributed by atoms with van der Waals surface area (Å²) in [4.78, 5) is 9.91. The molecule has 0 fully saturated rings. The maximum Gasteiger partial charge on any atom is 0.0950 e. The summed E-state index contributed by atoms with van der Waals surface area (Å²) in [6.45, 7) is 16.0. The molecule has 2 aromatic carbocycles. The molecule has 0 N–H and O–H groups in total. The fraction of sp³-hybridized carbons (Fsp3) is 0.407. The number of benzene rings is 2. The maximum atomic E-state index is 4.95. The van der Waals surface area contributed by atoms with E-state index in [1.165, 1.54) is 21.9 Å². The van der Waals surface area contributed by atoms with Crippen molar-refractivity contribution in [3.63, 3.8) is 0 Å². The summed E-state index contributed by atoms with van der Waals surface area (Å²) in [5.41, 5.74) is 4.60. The first-order valence-electron chi connectivity index (χ1n) is 11.0. The highest BCUT2D eigenvalue weighted by molar-refractivity contribution is 6.61. The largest absolute Gasteiger partial charge is 0.272 e. The second-order valence-electron chi connectivity index (χ2n) is 5.42. The number of rotatable bonds is 0. The predicted molar refractivity (Wildman–Crippen MR) is 135 cm³/mol. The number of nitrogens with zero attached hydrogens (tertiary/aromatic N) is 2. The summed E-state index contributed by atoms with van der Waals surface area (Å²) in [6, 6.07) is 13.2. The summed E-state index contributed by atoms with van der Waals surface area (Å²) < 4.78 is 0. The molecule has 2 nitrogen and oxygen atoms in total. The summed E-state index contributed by atoms with van der Waals surface area (Å²) in [5, 5.41) is 2.58. The van der Waals surface area contributed by atoms with Crippen molar-refractivity contribution in [2.24, 2.45) is 9.98 Å². The smallest absolute Gasteiger partial charge is 0.0950 e. The van der Waals surface area contributed by atoms with Crippen LogP contribution in [0, 0.1) is 0 Å². The van der Waals surface area contributed by atoms with Crippen LogP contribution in [0.2, 0.25) is 0 Å². The van der Waals surface area contributed by atoms with Gasteiger partial charge in [0.1, 0.15) is 0 Å². The topological polar surface area (TPSA) is 24.7 Å². The number of aliphatic imine (C=N–C) groups is 2. The van der Waals surface area contributed by atoms with Crippen LogP contribution in [0.4, 0.5) is 0 Å². The third kappa shape index (κ3) is 5.12. The molecule has 5 rings (SSSR count). The van der Waals surface area contributed by atoms with Gasteiger partial charge in [0.05, 0.1) is 23.5 Å². The lowest BCUT2D eigenvalue weighted by Crippen LogP contribution is -2.30. The van der Waals surface area contributed by atoms with Crippen molar-refractivity contribution in [3.05, 3.63) is 71.8 Å². The first-order chi connectivity index (χ1) is 13.9. The highest BCUT2D eigenvalue weighted by Crippen LogP contribution is 2.34. The van der Waals surface area contributed by atoms with Gasteiger partial charge in [-0.05, 0) is 5.39 Å². The van der Waals surface area contributed by atoms with E-state index in [4.69, 9.17) is 9.98 Å². The second kappa shape index (κ2) is 13.7. The molecule has 0 amide bonds. The molecule has 2 aliphatic carbocycles.